The van der Waals surface area contributed by atoms with Crippen molar-refractivity contribution in [3.8, 4) is 17.1 Å². The van der Waals surface area contributed by atoms with Crippen molar-refractivity contribution in [2.45, 2.75) is 20.8 Å². The highest BCUT2D eigenvalue weighted by Gasteiger charge is 2.11. The number of aryl methyl sites for hydroxylation is 1. The van der Waals surface area contributed by atoms with E-state index in [-0.39, 0.29) is 0 Å². The van der Waals surface area contributed by atoms with Gasteiger partial charge in [0.05, 0.1) is 12.2 Å². The second-order valence-corrected chi connectivity index (χ2v) is 4.34. The quantitative estimate of drug-likeness (QED) is 0.789. The minimum Gasteiger partial charge on any atom is -0.493 e. The van der Waals surface area contributed by atoms with E-state index in [2.05, 4.69) is 9.97 Å². The van der Waals surface area contributed by atoms with Crippen LogP contribution in [0.2, 0.25) is 5.15 Å². The van der Waals surface area contributed by atoms with Crippen molar-refractivity contribution in [1.82, 2.24) is 9.97 Å². The molecule has 2 rings (SSSR count). The van der Waals surface area contributed by atoms with Crippen LogP contribution in [0.1, 0.15) is 18.2 Å². The molecule has 0 saturated carbocycles. The summed E-state index contributed by atoms with van der Waals surface area (Å²) in [5.41, 5.74) is 2.66. The van der Waals surface area contributed by atoms with Gasteiger partial charge in [0, 0.05) is 11.3 Å². The van der Waals surface area contributed by atoms with E-state index >= 15 is 0 Å². The Kier molecular flexibility index (Phi) is 3.82. The van der Waals surface area contributed by atoms with E-state index in [4.69, 9.17) is 16.3 Å². The summed E-state index contributed by atoms with van der Waals surface area (Å²) < 4.78 is 5.58. The van der Waals surface area contributed by atoms with Crippen molar-refractivity contribution >= 4 is 11.6 Å². The molecule has 2 aromatic rings. The third-order valence-corrected chi connectivity index (χ3v) is 3.13. The van der Waals surface area contributed by atoms with Crippen molar-refractivity contribution in [2.75, 3.05) is 6.61 Å². The van der Waals surface area contributed by atoms with Gasteiger partial charge in [-0.2, -0.15) is 0 Å². The maximum Gasteiger partial charge on any atom is 0.164 e. The zero-order valence-electron chi connectivity index (χ0n) is 10.7. The average molecular weight is 263 g/mol. The fourth-order valence-electron chi connectivity index (χ4n) is 1.65. The number of halogens is 1. The molecule has 18 heavy (non-hydrogen) atoms. The predicted molar refractivity (Wildman–Crippen MR) is 73.1 cm³/mol. The highest BCUT2D eigenvalue weighted by molar-refractivity contribution is 6.30. The molecule has 0 aliphatic heterocycles. The normalized spacial score (nSPS) is 10.4. The molecule has 0 saturated heterocycles. The van der Waals surface area contributed by atoms with E-state index in [0.717, 1.165) is 22.6 Å². The third-order valence-electron chi connectivity index (χ3n) is 2.76. The average Bonchev–Trinajstić information content (AvgIpc) is 2.36. The summed E-state index contributed by atoms with van der Waals surface area (Å²) in [6.07, 6.45) is 0. The van der Waals surface area contributed by atoms with Crippen LogP contribution in [0.15, 0.2) is 24.3 Å². The van der Waals surface area contributed by atoms with Gasteiger partial charge in [-0.25, -0.2) is 9.97 Å². The molecule has 1 aromatic carbocycles. The number of ether oxygens (including phenoxy) is 1. The Balaban J connectivity index is 2.55. The van der Waals surface area contributed by atoms with Gasteiger partial charge in [0.2, 0.25) is 0 Å². The summed E-state index contributed by atoms with van der Waals surface area (Å²) in [5.74, 6) is 1.38. The second kappa shape index (κ2) is 5.36. The Morgan fingerprint density at radius 3 is 2.56 bits per heavy atom. The minimum absolute atomic E-state index is 0.490. The molecule has 94 valence electrons. The Morgan fingerprint density at radius 1 is 1.17 bits per heavy atom. The van der Waals surface area contributed by atoms with Gasteiger partial charge >= 0.3 is 0 Å². The van der Waals surface area contributed by atoms with Gasteiger partial charge in [-0.3, -0.25) is 0 Å². The van der Waals surface area contributed by atoms with Crippen LogP contribution in [0.25, 0.3) is 11.4 Å². The first-order valence-corrected chi connectivity index (χ1v) is 6.24. The van der Waals surface area contributed by atoms with Crippen LogP contribution < -0.4 is 4.74 Å². The summed E-state index contributed by atoms with van der Waals surface area (Å²) in [7, 11) is 0. The molecule has 0 spiro atoms. The first kappa shape index (κ1) is 12.8. The maximum absolute atomic E-state index is 6.11. The highest BCUT2D eigenvalue weighted by Crippen LogP contribution is 2.29. The van der Waals surface area contributed by atoms with Gasteiger partial charge in [-0.1, -0.05) is 23.7 Å². The summed E-state index contributed by atoms with van der Waals surface area (Å²) in [6.45, 7) is 6.40. The van der Waals surface area contributed by atoms with Gasteiger partial charge in [-0.05, 0) is 32.9 Å². The van der Waals surface area contributed by atoms with Gasteiger partial charge < -0.3 is 4.74 Å². The number of benzene rings is 1. The van der Waals surface area contributed by atoms with E-state index in [1.165, 1.54) is 0 Å². The smallest absolute Gasteiger partial charge is 0.164 e. The lowest BCUT2D eigenvalue weighted by atomic mass is 10.1. The Bertz CT molecular complexity index is 546. The molecule has 4 heteroatoms. The molecule has 0 fully saturated rings. The monoisotopic (exact) mass is 262 g/mol. The molecule has 0 bridgehead atoms. The topological polar surface area (TPSA) is 35.0 Å². The van der Waals surface area contributed by atoms with Crippen LogP contribution in [0.4, 0.5) is 0 Å². The number of hydrogen-bond donors (Lipinski definition) is 0. The largest absolute Gasteiger partial charge is 0.493 e. The van der Waals surface area contributed by atoms with E-state index in [0.29, 0.717) is 17.6 Å². The van der Waals surface area contributed by atoms with Crippen molar-refractivity contribution < 1.29 is 4.74 Å². The number of para-hydroxylation sites is 1. The minimum atomic E-state index is 0.490. The first-order valence-electron chi connectivity index (χ1n) is 5.86. The summed E-state index contributed by atoms with van der Waals surface area (Å²) in [4.78, 5) is 8.79. The lowest BCUT2D eigenvalue weighted by molar-refractivity contribution is 0.341. The van der Waals surface area contributed by atoms with E-state index in [9.17, 15) is 0 Å². The van der Waals surface area contributed by atoms with Crippen molar-refractivity contribution in [2.24, 2.45) is 0 Å². The van der Waals surface area contributed by atoms with Gasteiger partial charge in [0.1, 0.15) is 10.9 Å². The Morgan fingerprint density at radius 2 is 1.89 bits per heavy atom. The molecule has 0 aliphatic carbocycles. The standard InChI is InChI=1S/C14H15ClN2O/c1-4-18-12-8-6-5-7-11(12)14-16-10(3)9(2)13(15)17-14/h5-8H,4H2,1-3H3. The summed E-state index contributed by atoms with van der Waals surface area (Å²) in [5, 5.41) is 0.490. The molecule has 0 amide bonds. The lowest BCUT2D eigenvalue weighted by Gasteiger charge is -2.10. The van der Waals surface area contributed by atoms with E-state index in [1.807, 2.05) is 45.0 Å². The maximum atomic E-state index is 6.11. The van der Waals surface area contributed by atoms with Crippen LogP contribution in [-0.4, -0.2) is 16.6 Å². The Labute approximate surface area is 112 Å². The second-order valence-electron chi connectivity index (χ2n) is 3.98. The molecule has 0 radical (unpaired) electrons. The van der Waals surface area contributed by atoms with Crippen LogP contribution in [0.3, 0.4) is 0 Å². The lowest BCUT2D eigenvalue weighted by Crippen LogP contribution is -1.99. The van der Waals surface area contributed by atoms with Crippen molar-refractivity contribution in [1.29, 1.82) is 0 Å². The van der Waals surface area contributed by atoms with Gasteiger partial charge in [-0.15, -0.1) is 0 Å². The number of aromatic nitrogens is 2. The molecule has 1 heterocycles. The number of nitrogens with zero attached hydrogens (tertiary/aromatic N) is 2. The molecular formula is C14H15ClN2O. The molecule has 0 N–H and O–H groups in total. The first-order chi connectivity index (χ1) is 8.63. The zero-order valence-corrected chi connectivity index (χ0v) is 11.5. The van der Waals surface area contributed by atoms with Gasteiger partial charge in [0.15, 0.2) is 5.82 Å². The van der Waals surface area contributed by atoms with Crippen LogP contribution in [0.5, 0.6) is 5.75 Å². The number of hydrogen-bond acceptors (Lipinski definition) is 3. The van der Waals surface area contributed by atoms with Gasteiger partial charge in [0.25, 0.3) is 0 Å². The fraction of sp³-hybridized carbons (Fsp3) is 0.286. The zero-order chi connectivity index (χ0) is 13.1. The molecule has 1 aromatic heterocycles. The van der Waals surface area contributed by atoms with Crippen molar-refractivity contribution in [3.05, 3.63) is 40.7 Å². The number of rotatable bonds is 3. The molecule has 0 aliphatic rings. The van der Waals surface area contributed by atoms with E-state index in [1.54, 1.807) is 0 Å². The molecule has 0 atom stereocenters. The SMILES string of the molecule is CCOc1ccccc1-c1nc(C)c(C)c(Cl)n1. The van der Waals surface area contributed by atoms with Crippen LogP contribution in [0, 0.1) is 13.8 Å². The van der Waals surface area contributed by atoms with E-state index < -0.39 is 0 Å². The summed E-state index contributed by atoms with van der Waals surface area (Å²) >= 11 is 6.11. The molecule has 0 unspecified atom stereocenters. The van der Waals surface area contributed by atoms with Crippen molar-refractivity contribution in [3.63, 3.8) is 0 Å². The molecular weight excluding hydrogens is 248 g/mol. The Hall–Kier alpha value is -1.61. The van der Waals surface area contributed by atoms with Crippen LogP contribution in [-0.2, 0) is 0 Å². The third kappa shape index (κ3) is 2.46. The van der Waals surface area contributed by atoms with Crippen LogP contribution >= 0.6 is 11.6 Å². The fourth-order valence-corrected chi connectivity index (χ4v) is 1.86. The highest BCUT2D eigenvalue weighted by atomic mass is 35.5. The summed E-state index contributed by atoms with van der Waals surface area (Å²) in [6, 6.07) is 7.71. The predicted octanol–water partition coefficient (Wildman–Crippen LogP) is 3.81. The molecule has 3 nitrogen and oxygen atoms in total.